The number of carbonyl (C=O) groups excluding carboxylic acids is 1. The first-order chi connectivity index (χ1) is 16.9. The summed E-state index contributed by atoms with van der Waals surface area (Å²) in [6.07, 6.45) is 1.70. The summed E-state index contributed by atoms with van der Waals surface area (Å²) in [7, 11) is -3.83. The van der Waals surface area contributed by atoms with E-state index in [0.717, 1.165) is 11.3 Å². The van der Waals surface area contributed by atoms with E-state index in [4.69, 9.17) is 0 Å². The van der Waals surface area contributed by atoms with Crippen molar-refractivity contribution in [3.63, 3.8) is 0 Å². The lowest BCUT2D eigenvalue weighted by Gasteiger charge is -2.37. The molecule has 0 spiro atoms. The predicted molar refractivity (Wildman–Crippen MR) is 134 cm³/mol. The number of amides is 1. The molecule has 3 aromatic rings. The Bertz CT molecular complexity index is 1260. The second kappa shape index (κ2) is 10.8. The molecule has 0 N–H and O–H groups in total. The summed E-state index contributed by atoms with van der Waals surface area (Å²) in [5.74, 6) is -0.974. The SMILES string of the molecule is Cc1ncccc1C(C#N)N1CCN(C(=O)CS(=O)(=O)C(c2ccccc2)c2ccccc2)CC1. The van der Waals surface area contributed by atoms with Gasteiger partial charge in [0.05, 0.1) is 6.07 Å². The zero-order valence-corrected chi connectivity index (χ0v) is 20.4. The van der Waals surface area contributed by atoms with Gasteiger partial charge in [0.15, 0.2) is 9.84 Å². The number of aryl methyl sites for hydroxylation is 1. The highest BCUT2D eigenvalue weighted by Gasteiger charge is 2.34. The number of rotatable bonds is 7. The van der Waals surface area contributed by atoms with Gasteiger partial charge in [-0.25, -0.2) is 8.42 Å². The standard InChI is InChI=1S/C27H28N4O3S/c1-21-24(13-8-14-29-21)25(19-28)30-15-17-31(18-16-30)26(32)20-35(33,34)27(22-9-4-2-5-10-22)23-11-6-3-7-12-23/h2-14,25,27H,15-18,20H2,1H3. The molecule has 8 heteroatoms. The number of sulfone groups is 1. The lowest BCUT2D eigenvalue weighted by Crippen LogP contribution is -2.51. The minimum Gasteiger partial charge on any atom is -0.339 e. The third-order valence-electron chi connectivity index (χ3n) is 6.39. The van der Waals surface area contributed by atoms with Crippen molar-refractivity contribution in [2.75, 3.05) is 31.9 Å². The molecule has 2 heterocycles. The first kappa shape index (κ1) is 24.6. The lowest BCUT2D eigenvalue weighted by molar-refractivity contribution is -0.130. The molecule has 1 fully saturated rings. The number of hydrogen-bond donors (Lipinski definition) is 0. The summed E-state index contributed by atoms with van der Waals surface area (Å²) < 4.78 is 27.0. The van der Waals surface area contributed by atoms with Crippen LogP contribution in [0.25, 0.3) is 0 Å². The number of hydrogen-bond acceptors (Lipinski definition) is 6. The summed E-state index contributed by atoms with van der Waals surface area (Å²) in [6.45, 7) is 3.58. The second-order valence-electron chi connectivity index (χ2n) is 8.64. The summed E-state index contributed by atoms with van der Waals surface area (Å²) in [4.78, 5) is 21.0. The van der Waals surface area contributed by atoms with Crippen LogP contribution in [0.5, 0.6) is 0 Å². The number of pyridine rings is 1. The van der Waals surface area contributed by atoms with E-state index in [1.54, 1.807) is 59.6 Å². The average molecular weight is 489 g/mol. The maximum Gasteiger partial charge on any atom is 0.237 e. The molecule has 1 aliphatic heterocycles. The van der Waals surface area contributed by atoms with E-state index in [9.17, 15) is 18.5 Å². The van der Waals surface area contributed by atoms with Crippen molar-refractivity contribution in [1.29, 1.82) is 5.26 Å². The fraction of sp³-hybridized carbons (Fsp3) is 0.296. The molecule has 1 aromatic heterocycles. The van der Waals surface area contributed by atoms with Gasteiger partial charge in [0.2, 0.25) is 5.91 Å². The number of nitrogens with zero attached hydrogens (tertiary/aromatic N) is 4. The molecule has 0 radical (unpaired) electrons. The molecule has 1 saturated heterocycles. The normalized spacial score (nSPS) is 15.5. The zero-order valence-electron chi connectivity index (χ0n) is 19.6. The highest BCUT2D eigenvalue weighted by molar-refractivity contribution is 7.92. The first-order valence-electron chi connectivity index (χ1n) is 11.5. The Kier molecular flexibility index (Phi) is 7.59. The fourth-order valence-corrected chi connectivity index (χ4v) is 6.41. The van der Waals surface area contributed by atoms with Crippen LogP contribution in [0.4, 0.5) is 0 Å². The third-order valence-corrected chi connectivity index (χ3v) is 8.30. The van der Waals surface area contributed by atoms with Crippen molar-refractivity contribution in [1.82, 2.24) is 14.8 Å². The van der Waals surface area contributed by atoms with Crippen molar-refractivity contribution in [3.05, 3.63) is 101 Å². The highest BCUT2D eigenvalue weighted by Crippen LogP contribution is 2.31. The first-order valence-corrected chi connectivity index (χ1v) is 13.3. The highest BCUT2D eigenvalue weighted by atomic mass is 32.2. The van der Waals surface area contributed by atoms with E-state index in [0.29, 0.717) is 37.3 Å². The van der Waals surface area contributed by atoms with Crippen LogP contribution in [-0.2, 0) is 14.6 Å². The van der Waals surface area contributed by atoms with Gasteiger partial charge in [-0.2, -0.15) is 5.26 Å². The maximum absolute atomic E-state index is 13.5. The maximum atomic E-state index is 13.5. The minimum atomic E-state index is -3.83. The molecular weight excluding hydrogens is 460 g/mol. The van der Waals surface area contributed by atoms with Gasteiger partial charge in [0, 0.05) is 43.6 Å². The minimum absolute atomic E-state index is 0.368. The van der Waals surface area contributed by atoms with Crippen LogP contribution in [0.15, 0.2) is 79.0 Å². The van der Waals surface area contributed by atoms with Crippen LogP contribution in [0.2, 0.25) is 0 Å². The third kappa shape index (κ3) is 5.59. The van der Waals surface area contributed by atoms with E-state index >= 15 is 0 Å². The Morgan fingerprint density at radius 3 is 2.03 bits per heavy atom. The molecule has 1 atom stereocenters. The Labute approximate surface area is 206 Å². The van der Waals surface area contributed by atoms with E-state index in [-0.39, 0.29) is 0 Å². The smallest absolute Gasteiger partial charge is 0.237 e. The van der Waals surface area contributed by atoms with Crippen molar-refractivity contribution >= 4 is 15.7 Å². The van der Waals surface area contributed by atoms with E-state index in [1.165, 1.54) is 0 Å². The van der Waals surface area contributed by atoms with Gasteiger partial charge in [-0.3, -0.25) is 14.7 Å². The zero-order chi connectivity index (χ0) is 24.8. The quantitative estimate of drug-likeness (QED) is 0.507. The monoisotopic (exact) mass is 488 g/mol. The largest absolute Gasteiger partial charge is 0.339 e. The number of nitriles is 1. The van der Waals surface area contributed by atoms with Gasteiger partial charge in [-0.05, 0) is 24.1 Å². The number of carbonyl (C=O) groups is 1. The average Bonchev–Trinajstić information content (AvgIpc) is 2.87. The second-order valence-corrected chi connectivity index (χ2v) is 10.7. The van der Waals surface area contributed by atoms with E-state index in [2.05, 4.69) is 11.1 Å². The topological polar surface area (TPSA) is 94.4 Å². The number of benzene rings is 2. The van der Waals surface area contributed by atoms with Crippen molar-refractivity contribution in [2.24, 2.45) is 0 Å². The molecular formula is C27H28N4O3S. The van der Waals surface area contributed by atoms with Crippen LogP contribution >= 0.6 is 0 Å². The molecule has 4 rings (SSSR count). The van der Waals surface area contributed by atoms with Crippen LogP contribution in [-0.4, -0.2) is 61.0 Å². The Morgan fingerprint density at radius 2 is 1.51 bits per heavy atom. The van der Waals surface area contributed by atoms with Gasteiger partial charge < -0.3 is 4.90 Å². The summed E-state index contributed by atoms with van der Waals surface area (Å²) in [6, 6.07) is 23.6. The summed E-state index contributed by atoms with van der Waals surface area (Å²) in [5, 5.41) is 8.87. The van der Waals surface area contributed by atoms with E-state index < -0.39 is 32.8 Å². The van der Waals surface area contributed by atoms with Gasteiger partial charge >= 0.3 is 0 Å². The molecule has 0 saturated carbocycles. The number of piperazine rings is 1. The van der Waals surface area contributed by atoms with Crippen LogP contribution in [0.1, 0.15) is 33.7 Å². The van der Waals surface area contributed by atoms with Gasteiger partial charge in [0.25, 0.3) is 0 Å². The molecule has 35 heavy (non-hydrogen) atoms. The molecule has 0 aliphatic carbocycles. The molecule has 7 nitrogen and oxygen atoms in total. The van der Waals surface area contributed by atoms with E-state index in [1.807, 2.05) is 36.1 Å². The summed E-state index contributed by atoms with van der Waals surface area (Å²) in [5.41, 5.74) is 2.93. The Hall–Kier alpha value is -3.54. The molecule has 1 amide bonds. The Balaban J connectivity index is 1.47. The van der Waals surface area contributed by atoms with Gasteiger partial charge in [-0.15, -0.1) is 0 Å². The molecule has 0 bridgehead atoms. The van der Waals surface area contributed by atoms with Crippen molar-refractivity contribution < 1.29 is 13.2 Å². The summed E-state index contributed by atoms with van der Waals surface area (Å²) >= 11 is 0. The molecule has 1 aliphatic rings. The fourth-order valence-electron chi connectivity index (χ4n) is 4.57. The van der Waals surface area contributed by atoms with Crippen LogP contribution in [0, 0.1) is 18.3 Å². The molecule has 180 valence electrons. The predicted octanol–water partition coefficient (Wildman–Crippen LogP) is 3.30. The van der Waals surface area contributed by atoms with Gasteiger partial charge in [0.1, 0.15) is 17.0 Å². The van der Waals surface area contributed by atoms with Crippen LogP contribution < -0.4 is 0 Å². The van der Waals surface area contributed by atoms with Crippen molar-refractivity contribution in [2.45, 2.75) is 18.2 Å². The Morgan fingerprint density at radius 1 is 0.943 bits per heavy atom. The van der Waals surface area contributed by atoms with Gasteiger partial charge in [-0.1, -0.05) is 66.7 Å². The van der Waals surface area contributed by atoms with Crippen molar-refractivity contribution in [3.8, 4) is 6.07 Å². The molecule has 1 unspecified atom stereocenters. The lowest BCUT2D eigenvalue weighted by atomic mass is 10.0. The number of aromatic nitrogens is 1. The molecule has 2 aromatic carbocycles. The van der Waals surface area contributed by atoms with Crippen LogP contribution in [0.3, 0.4) is 0 Å².